The van der Waals surface area contributed by atoms with Crippen LogP contribution in [0.2, 0.25) is 5.02 Å². The number of rotatable bonds is 4. The number of nitrogens with zero attached hydrogens (tertiary/aromatic N) is 2. The summed E-state index contributed by atoms with van der Waals surface area (Å²) in [6.45, 7) is 0.351. The summed E-state index contributed by atoms with van der Waals surface area (Å²) in [5, 5.41) is 18.5. The van der Waals surface area contributed by atoms with Crippen molar-refractivity contribution in [3.63, 3.8) is 0 Å². The van der Waals surface area contributed by atoms with E-state index in [2.05, 4.69) is 15.5 Å². The Morgan fingerprint density at radius 1 is 1.45 bits per heavy atom. The lowest BCUT2D eigenvalue weighted by Crippen LogP contribution is -2.23. The Bertz CT molecular complexity index is 760. The van der Waals surface area contributed by atoms with Crippen molar-refractivity contribution in [3.8, 4) is 11.5 Å². The van der Waals surface area contributed by atoms with Gasteiger partial charge in [-0.1, -0.05) is 22.8 Å². The number of benzene rings is 1. The van der Waals surface area contributed by atoms with Gasteiger partial charge in [-0.25, -0.2) is 0 Å². The zero-order valence-corrected chi connectivity index (χ0v) is 11.7. The van der Waals surface area contributed by atoms with Crippen molar-refractivity contribution < 1.29 is 19.2 Å². The number of aromatic amines is 1. The van der Waals surface area contributed by atoms with Crippen LogP contribution in [0.1, 0.15) is 16.1 Å². The van der Waals surface area contributed by atoms with Crippen LogP contribution in [0, 0.1) is 10.1 Å². The van der Waals surface area contributed by atoms with E-state index in [1.165, 1.54) is 0 Å². The lowest BCUT2D eigenvalue weighted by Gasteiger charge is -2.04. The quantitative estimate of drug-likeness (QED) is 0.651. The number of hydrogen-bond acceptors (Lipinski definition) is 6. The first-order valence-corrected chi connectivity index (χ1v) is 6.49. The van der Waals surface area contributed by atoms with Gasteiger partial charge in [0.15, 0.2) is 22.2 Å². The van der Waals surface area contributed by atoms with Crippen LogP contribution in [0.15, 0.2) is 18.2 Å². The molecule has 0 spiro atoms. The molecule has 2 aromatic rings. The number of ether oxygens (including phenoxy) is 2. The van der Waals surface area contributed by atoms with Crippen LogP contribution in [0.25, 0.3) is 0 Å². The molecule has 0 unspecified atom stereocenters. The van der Waals surface area contributed by atoms with Gasteiger partial charge < -0.3 is 24.9 Å². The molecule has 114 valence electrons. The fourth-order valence-corrected chi connectivity index (χ4v) is 2.15. The standard InChI is InChI=1S/C12H9ClN4O5/c13-9-10(15-16-11(9)17(19)20)12(18)14-4-6-1-2-7-8(3-6)22-5-21-7/h1-3H,4-5H2,(H,14,18)(H,15,16). The number of amides is 1. The molecule has 1 aliphatic rings. The molecule has 0 fully saturated rings. The Morgan fingerprint density at radius 2 is 2.23 bits per heavy atom. The van der Waals surface area contributed by atoms with Crippen molar-refractivity contribution in [3.05, 3.63) is 44.6 Å². The average Bonchev–Trinajstić information content (AvgIpc) is 3.10. The van der Waals surface area contributed by atoms with Crippen LogP contribution in [0.3, 0.4) is 0 Å². The summed E-state index contributed by atoms with van der Waals surface area (Å²) in [6, 6.07) is 5.23. The largest absolute Gasteiger partial charge is 0.454 e. The van der Waals surface area contributed by atoms with E-state index in [0.717, 1.165) is 5.56 Å². The summed E-state index contributed by atoms with van der Waals surface area (Å²) < 4.78 is 10.4. The van der Waals surface area contributed by atoms with E-state index in [0.29, 0.717) is 11.5 Å². The Morgan fingerprint density at radius 3 is 2.95 bits per heavy atom. The summed E-state index contributed by atoms with van der Waals surface area (Å²) in [5.74, 6) is 0.100. The van der Waals surface area contributed by atoms with E-state index in [1.54, 1.807) is 18.2 Å². The lowest BCUT2D eigenvalue weighted by atomic mass is 10.2. The Hall–Kier alpha value is -2.81. The van der Waals surface area contributed by atoms with Gasteiger partial charge in [0.25, 0.3) is 5.91 Å². The second-order valence-corrected chi connectivity index (χ2v) is 4.74. The number of carbonyl (C=O) groups is 1. The third kappa shape index (κ3) is 2.53. The second-order valence-electron chi connectivity index (χ2n) is 4.36. The van der Waals surface area contributed by atoms with Gasteiger partial charge >= 0.3 is 5.82 Å². The van der Waals surface area contributed by atoms with Gasteiger partial charge in [-0.2, -0.15) is 0 Å². The van der Waals surface area contributed by atoms with Gasteiger partial charge in [-0.05, 0) is 22.6 Å². The number of carbonyl (C=O) groups excluding carboxylic acids is 1. The van der Waals surface area contributed by atoms with Crippen molar-refractivity contribution in [2.24, 2.45) is 0 Å². The summed E-state index contributed by atoms with van der Waals surface area (Å²) >= 11 is 5.74. The van der Waals surface area contributed by atoms with E-state index in [4.69, 9.17) is 21.1 Å². The zero-order valence-electron chi connectivity index (χ0n) is 11.0. The minimum absolute atomic E-state index is 0.164. The minimum atomic E-state index is -0.746. The number of halogens is 1. The molecule has 0 bridgehead atoms. The predicted octanol–water partition coefficient (Wildman–Crippen LogP) is 1.63. The van der Waals surface area contributed by atoms with Gasteiger partial charge in [-0.3, -0.25) is 4.79 Å². The number of hydrogen-bond donors (Lipinski definition) is 2. The predicted molar refractivity (Wildman–Crippen MR) is 74.0 cm³/mol. The highest BCUT2D eigenvalue weighted by molar-refractivity contribution is 6.35. The highest BCUT2D eigenvalue weighted by atomic mass is 35.5. The first-order valence-electron chi connectivity index (χ1n) is 6.11. The molecular weight excluding hydrogens is 316 g/mol. The fourth-order valence-electron chi connectivity index (χ4n) is 1.91. The van der Waals surface area contributed by atoms with Gasteiger partial charge in [0, 0.05) is 6.54 Å². The Kier molecular flexibility index (Phi) is 3.55. The summed E-state index contributed by atoms with van der Waals surface area (Å²) in [5.41, 5.74) is 0.549. The molecule has 1 amide bonds. The second kappa shape index (κ2) is 5.53. The molecule has 0 saturated carbocycles. The first-order chi connectivity index (χ1) is 10.6. The average molecular weight is 325 g/mol. The van der Waals surface area contributed by atoms with Gasteiger partial charge in [0.05, 0.1) is 0 Å². The number of fused-ring (bicyclic) bond motifs is 1. The molecule has 2 heterocycles. The number of nitrogens with one attached hydrogen (secondary N) is 2. The van der Waals surface area contributed by atoms with Gasteiger partial charge in [0.2, 0.25) is 6.79 Å². The number of H-pyrrole nitrogens is 1. The normalized spacial score (nSPS) is 12.2. The van der Waals surface area contributed by atoms with Crippen molar-refractivity contribution in [2.75, 3.05) is 6.79 Å². The number of aromatic nitrogens is 2. The van der Waals surface area contributed by atoms with Crippen LogP contribution in [0.4, 0.5) is 5.82 Å². The zero-order chi connectivity index (χ0) is 15.7. The van der Waals surface area contributed by atoms with Gasteiger partial charge in [0.1, 0.15) is 0 Å². The maximum absolute atomic E-state index is 12.0. The summed E-state index contributed by atoms with van der Waals surface area (Å²) in [4.78, 5) is 21.8. The highest BCUT2D eigenvalue weighted by Gasteiger charge is 2.25. The molecule has 10 heteroatoms. The van der Waals surface area contributed by atoms with Crippen molar-refractivity contribution >= 4 is 23.3 Å². The molecule has 1 aliphatic heterocycles. The van der Waals surface area contributed by atoms with E-state index in [-0.39, 0.29) is 24.1 Å². The molecule has 3 rings (SSSR count). The van der Waals surface area contributed by atoms with Crippen LogP contribution >= 0.6 is 11.6 Å². The third-order valence-electron chi connectivity index (χ3n) is 2.98. The molecule has 0 atom stereocenters. The van der Waals surface area contributed by atoms with Crippen LogP contribution in [-0.4, -0.2) is 27.8 Å². The monoisotopic (exact) mass is 324 g/mol. The van der Waals surface area contributed by atoms with Crippen LogP contribution in [-0.2, 0) is 6.54 Å². The molecule has 0 aliphatic carbocycles. The fraction of sp³-hybridized carbons (Fsp3) is 0.167. The Balaban J connectivity index is 1.69. The number of nitro groups is 1. The summed E-state index contributed by atoms with van der Waals surface area (Å²) in [7, 11) is 0. The minimum Gasteiger partial charge on any atom is -0.454 e. The molecule has 0 saturated heterocycles. The van der Waals surface area contributed by atoms with Crippen molar-refractivity contribution in [1.82, 2.24) is 15.5 Å². The van der Waals surface area contributed by atoms with Gasteiger partial charge in [-0.15, -0.1) is 5.10 Å². The topological polar surface area (TPSA) is 119 Å². The molecule has 22 heavy (non-hydrogen) atoms. The van der Waals surface area contributed by atoms with Crippen molar-refractivity contribution in [1.29, 1.82) is 0 Å². The molecule has 9 nitrogen and oxygen atoms in total. The maximum Gasteiger partial charge on any atom is 0.362 e. The molecule has 1 aromatic heterocycles. The Labute approximate surface area is 128 Å². The van der Waals surface area contributed by atoms with E-state index < -0.39 is 16.6 Å². The molecule has 0 radical (unpaired) electrons. The van der Waals surface area contributed by atoms with E-state index in [1.807, 2.05) is 0 Å². The first kappa shape index (κ1) is 14.1. The summed E-state index contributed by atoms with van der Waals surface area (Å²) in [6.07, 6.45) is 0. The third-order valence-corrected chi connectivity index (χ3v) is 3.34. The highest BCUT2D eigenvalue weighted by Crippen LogP contribution is 2.32. The van der Waals surface area contributed by atoms with Crippen LogP contribution < -0.4 is 14.8 Å². The van der Waals surface area contributed by atoms with Crippen molar-refractivity contribution in [2.45, 2.75) is 6.54 Å². The van der Waals surface area contributed by atoms with E-state index in [9.17, 15) is 14.9 Å². The van der Waals surface area contributed by atoms with Crippen LogP contribution in [0.5, 0.6) is 11.5 Å². The maximum atomic E-state index is 12.0. The SMILES string of the molecule is O=C(NCc1ccc2c(c1)OCO2)c1n[nH]c([N+](=O)[O-])c1Cl. The lowest BCUT2D eigenvalue weighted by molar-refractivity contribution is -0.389. The smallest absolute Gasteiger partial charge is 0.362 e. The molecule has 2 N–H and O–H groups in total. The molecule has 1 aromatic carbocycles. The molecular formula is C12H9ClN4O5. The van der Waals surface area contributed by atoms with E-state index >= 15 is 0 Å².